The number of hydrogen-bond acceptors (Lipinski definition) is 3. The van der Waals surface area contributed by atoms with Gasteiger partial charge in [0.25, 0.3) is 0 Å². The van der Waals surface area contributed by atoms with Crippen molar-refractivity contribution in [1.29, 1.82) is 0 Å². The highest BCUT2D eigenvalue weighted by Crippen LogP contribution is 2.34. The van der Waals surface area contributed by atoms with Gasteiger partial charge in [0.1, 0.15) is 13.2 Å². The maximum Gasteiger partial charge on any atom is 0.163 e. The van der Waals surface area contributed by atoms with E-state index in [-0.39, 0.29) is 6.04 Å². The van der Waals surface area contributed by atoms with E-state index < -0.39 is 0 Å². The summed E-state index contributed by atoms with van der Waals surface area (Å²) < 4.78 is 11.1. The topological polar surface area (TPSA) is 30.5 Å². The van der Waals surface area contributed by atoms with Crippen LogP contribution in [0.1, 0.15) is 18.5 Å². The second-order valence-electron chi connectivity index (χ2n) is 4.90. The highest BCUT2D eigenvalue weighted by Gasteiger charge is 2.13. The number of anilines is 1. The van der Waals surface area contributed by atoms with Crippen LogP contribution < -0.4 is 14.8 Å². The highest BCUT2D eigenvalue weighted by molar-refractivity contribution is 6.42. The molecular formula is C16H15Cl2NO2. The summed E-state index contributed by atoms with van der Waals surface area (Å²) in [6.45, 7) is 3.24. The van der Waals surface area contributed by atoms with Crippen LogP contribution >= 0.6 is 23.2 Å². The minimum Gasteiger partial charge on any atom is -0.486 e. The summed E-state index contributed by atoms with van der Waals surface area (Å²) in [6, 6.07) is 11.6. The lowest BCUT2D eigenvalue weighted by Crippen LogP contribution is -2.15. The number of fused-ring (bicyclic) bond motifs is 1. The van der Waals surface area contributed by atoms with Crippen LogP contribution in [0.4, 0.5) is 5.69 Å². The standard InChI is InChI=1S/C16H15Cl2NO2/c1-10(11-2-4-13(17)14(18)8-11)19-12-3-5-15-16(9-12)21-7-6-20-15/h2-5,8-10,19H,6-7H2,1H3. The van der Waals surface area contributed by atoms with Crippen molar-refractivity contribution < 1.29 is 9.47 Å². The monoisotopic (exact) mass is 323 g/mol. The molecule has 0 saturated carbocycles. The molecule has 0 aliphatic carbocycles. The Labute approximate surface area is 133 Å². The molecular weight excluding hydrogens is 309 g/mol. The lowest BCUT2D eigenvalue weighted by atomic mass is 10.1. The Morgan fingerprint density at radius 3 is 2.48 bits per heavy atom. The van der Waals surface area contributed by atoms with Crippen molar-refractivity contribution in [2.24, 2.45) is 0 Å². The van der Waals surface area contributed by atoms with E-state index in [1.165, 1.54) is 0 Å². The number of benzene rings is 2. The van der Waals surface area contributed by atoms with Gasteiger partial charge in [-0.15, -0.1) is 0 Å². The summed E-state index contributed by atoms with van der Waals surface area (Å²) in [4.78, 5) is 0. The van der Waals surface area contributed by atoms with Crippen molar-refractivity contribution in [3.8, 4) is 11.5 Å². The van der Waals surface area contributed by atoms with Crippen LogP contribution in [-0.4, -0.2) is 13.2 Å². The quantitative estimate of drug-likeness (QED) is 0.868. The number of halogens is 2. The molecule has 1 N–H and O–H groups in total. The zero-order valence-electron chi connectivity index (χ0n) is 11.5. The zero-order valence-corrected chi connectivity index (χ0v) is 13.0. The normalized spacial score (nSPS) is 14.6. The Kier molecular flexibility index (Phi) is 4.13. The van der Waals surface area contributed by atoms with E-state index in [9.17, 15) is 0 Å². The molecule has 1 heterocycles. The number of hydrogen-bond donors (Lipinski definition) is 1. The first-order valence-corrected chi connectivity index (χ1v) is 7.50. The predicted octanol–water partition coefficient (Wildman–Crippen LogP) is 4.94. The molecule has 1 aliphatic heterocycles. The molecule has 3 rings (SSSR count). The Hall–Kier alpha value is -1.58. The third-order valence-corrected chi connectivity index (χ3v) is 4.11. The molecule has 3 nitrogen and oxygen atoms in total. The van der Waals surface area contributed by atoms with E-state index in [2.05, 4.69) is 12.2 Å². The van der Waals surface area contributed by atoms with Crippen LogP contribution in [0.5, 0.6) is 11.5 Å². The van der Waals surface area contributed by atoms with Gasteiger partial charge in [-0.3, -0.25) is 0 Å². The number of nitrogens with one attached hydrogen (secondary N) is 1. The summed E-state index contributed by atoms with van der Waals surface area (Å²) in [5.74, 6) is 1.56. The van der Waals surface area contributed by atoms with Crippen LogP contribution in [0.25, 0.3) is 0 Å². The molecule has 0 aromatic heterocycles. The molecule has 0 fully saturated rings. The zero-order chi connectivity index (χ0) is 14.8. The van der Waals surface area contributed by atoms with E-state index >= 15 is 0 Å². The van der Waals surface area contributed by atoms with Crippen LogP contribution in [0.2, 0.25) is 10.0 Å². The molecule has 110 valence electrons. The minimum absolute atomic E-state index is 0.0994. The lowest BCUT2D eigenvalue weighted by molar-refractivity contribution is 0.171. The molecule has 0 saturated heterocycles. The molecule has 5 heteroatoms. The van der Waals surface area contributed by atoms with Crippen molar-refractivity contribution in [1.82, 2.24) is 0 Å². The fraction of sp³-hybridized carbons (Fsp3) is 0.250. The first-order chi connectivity index (χ1) is 10.1. The van der Waals surface area contributed by atoms with Crippen LogP contribution in [0.15, 0.2) is 36.4 Å². The predicted molar refractivity (Wildman–Crippen MR) is 85.9 cm³/mol. The molecule has 0 spiro atoms. The molecule has 0 radical (unpaired) electrons. The summed E-state index contributed by atoms with van der Waals surface area (Å²) >= 11 is 12.0. The van der Waals surface area contributed by atoms with Crippen LogP contribution in [-0.2, 0) is 0 Å². The van der Waals surface area contributed by atoms with Gasteiger partial charge >= 0.3 is 0 Å². The summed E-state index contributed by atoms with van der Waals surface area (Å²) in [7, 11) is 0. The summed E-state index contributed by atoms with van der Waals surface area (Å²) in [5, 5.41) is 4.54. The van der Waals surface area contributed by atoms with Gasteiger partial charge in [-0.25, -0.2) is 0 Å². The Morgan fingerprint density at radius 2 is 1.71 bits per heavy atom. The SMILES string of the molecule is CC(Nc1ccc2c(c1)OCCO2)c1ccc(Cl)c(Cl)c1. The van der Waals surface area contributed by atoms with E-state index in [1.807, 2.05) is 30.3 Å². The van der Waals surface area contributed by atoms with Gasteiger partial charge < -0.3 is 14.8 Å². The number of ether oxygens (including phenoxy) is 2. The van der Waals surface area contributed by atoms with Gasteiger partial charge in [-0.05, 0) is 36.8 Å². The van der Waals surface area contributed by atoms with Gasteiger partial charge in [-0.2, -0.15) is 0 Å². The second-order valence-corrected chi connectivity index (χ2v) is 5.71. The molecule has 2 aromatic rings. The second kappa shape index (κ2) is 6.04. The number of rotatable bonds is 3. The van der Waals surface area contributed by atoms with Crippen molar-refractivity contribution in [2.45, 2.75) is 13.0 Å². The van der Waals surface area contributed by atoms with Crippen LogP contribution in [0, 0.1) is 0 Å². The first kappa shape index (κ1) is 14.4. The molecule has 0 amide bonds. The average molecular weight is 324 g/mol. The van der Waals surface area contributed by atoms with E-state index in [1.54, 1.807) is 6.07 Å². The first-order valence-electron chi connectivity index (χ1n) is 6.74. The van der Waals surface area contributed by atoms with Gasteiger partial charge in [0.05, 0.1) is 10.0 Å². The van der Waals surface area contributed by atoms with E-state index in [0.29, 0.717) is 23.3 Å². The fourth-order valence-corrected chi connectivity index (χ4v) is 2.55. The Morgan fingerprint density at radius 1 is 0.952 bits per heavy atom. The molecule has 2 aromatic carbocycles. The van der Waals surface area contributed by atoms with Crippen LogP contribution in [0.3, 0.4) is 0 Å². The summed E-state index contributed by atoms with van der Waals surface area (Å²) in [6.07, 6.45) is 0. The van der Waals surface area contributed by atoms with Gasteiger partial charge in [0.15, 0.2) is 11.5 Å². The Balaban J connectivity index is 1.77. The lowest BCUT2D eigenvalue weighted by Gasteiger charge is -2.21. The highest BCUT2D eigenvalue weighted by atomic mass is 35.5. The van der Waals surface area contributed by atoms with Crippen molar-refractivity contribution >= 4 is 28.9 Å². The van der Waals surface area contributed by atoms with E-state index in [0.717, 1.165) is 22.7 Å². The molecule has 1 atom stereocenters. The molecule has 1 aliphatic rings. The summed E-state index contributed by atoms with van der Waals surface area (Å²) in [5.41, 5.74) is 2.04. The third kappa shape index (κ3) is 3.20. The minimum atomic E-state index is 0.0994. The molecule has 1 unspecified atom stereocenters. The fourth-order valence-electron chi connectivity index (χ4n) is 2.25. The maximum atomic E-state index is 6.06. The van der Waals surface area contributed by atoms with Gasteiger partial charge in [0, 0.05) is 17.8 Å². The van der Waals surface area contributed by atoms with Crippen molar-refractivity contribution in [2.75, 3.05) is 18.5 Å². The van der Waals surface area contributed by atoms with E-state index in [4.69, 9.17) is 32.7 Å². The Bertz CT molecular complexity index is 661. The van der Waals surface area contributed by atoms with Gasteiger partial charge in [-0.1, -0.05) is 29.3 Å². The van der Waals surface area contributed by atoms with Crippen molar-refractivity contribution in [3.05, 3.63) is 52.0 Å². The van der Waals surface area contributed by atoms with Crippen molar-refractivity contribution in [3.63, 3.8) is 0 Å². The molecule has 0 bridgehead atoms. The van der Waals surface area contributed by atoms with Gasteiger partial charge in [0.2, 0.25) is 0 Å². The smallest absolute Gasteiger partial charge is 0.163 e. The maximum absolute atomic E-state index is 6.06. The molecule has 21 heavy (non-hydrogen) atoms. The average Bonchev–Trinajstić information content (AvgIpc) is 2.50. The largest absolute Gasteiger partial charge is 0.486 e. The third-order valence-electron chi connectivity index (χ3n) is 3.37.